The Morgan fingerprint density at radius 2 is 1.73 bits per heavy atom. The molecule has 1 aliphatic heterocycles. The van der Waals surface area contributed by atoms with E-state index in [2.05, 4.69) is 6.92 Å². The number of nitrogens with one attached hydrogen (secondary N) is 1. The van der Waals surface area contributed by atoms with Crippen LogP contribution in [0.15, 0.2) is 48.5 Å². The molecule has 0 spiro atoms. The molecule has 6 heteroatoms. The molecule has 1 N–H and O–H groups in total. The fourth-order valence-corrected chi connectivity index (χ4v) is 3.61. The zero-order valence-electron chi connectivity index (χ0n) is 14.7. The molecule has 1 atom stereocenters. The fourth-order valence-electron chi connectivity index (χ4n) is 3.61. The Bertz CT molecular complexity index is 737. The average Bonchev–Trinajstić information content (AvgIpc) is 2.62. The molecule has 0 radical (unpaired) electrons. The van der Waals surface area contributed by atoms with E-state index in [1.54, 1.807) is 18.2 Å². The number of halogens is 4. The van der Waals surface area contributed by atoms with Crippen molar-refractivity contribution in [1.82, 2.24) is 0 Å². The average molecular weight is 367 g/mol. The summed E-state index contributed by atoms with van der Waals surface area (Å²) in [7, 11) is 0. The van der Waals surface area contributed by atoms with E-state index in [0.717, 1.165) is 32.2 Å². The Kier molecular flexibility index (Phi) is 5.51. The number of rotatable bonds is 4. The number of nitrogens with zero attached hydrogens (tertiary/aromatic N) is 1. The van der Waals surface area contributed by atoms with Crippen LogP contribution in [0.4, 0.5) is 23.2 Å². The van der Waals surface area contributed by atoms with Crippen molar-refractivity contribution in [3.05, 3.63) is 65.5 Å². The molecule has 0 unspecified atom stereocenters. The molecule has 2 nitrogen and oxygen atoms in total. The van der Waals surface area contributed by atoms with Gasteiger partial charge in [-0.05, 0) is 30.7 Å². The largest absolute Gasteiger partial charge is 0.416 e. The number of quaternary nitrogens is 1. The lowest BCUT2D eigenvalue weighted by Crippen LogP contribution is -3.18. The molecule has 1 heterocycles. The predicted octanol–water partition coefficient (Wildman–Crippen LogP) is 3.18. The van der Waals surface area contributed by atoms with Crippen LogP contribution in [0, 0.1) is 5.82 Å². The van der Waals surface area contributed by atoms with Crippen molar-refractivity contribution in [2.75, 3.05) is 31.1 Å². The van der Waals surface area contributed by atoms with E-state index in [9.17, 15) is 17.6 Å². The summed E-state index contributed by atoms with van der Waals surface area (Å²) >= 11 is 0. The highest BCUT2D eigenvalue weighted by Crippen LogP contribution is 2.29. The molecule has 1 fully saturated rings. The first-order valence-corrected chi connectivity index (χ1v) is 8.85. The van der Waals surface area contributed by atoms with Gasteiger partial charge in [-0.3, -0.25) is 0 Å². The summed E-state index contributed by atoms with van der Waals surface area (Å²) < 4.78 is 52.5. The summed E-state index contributed by atoms with van der Waals surface area (Å²) in [4.78, 5) is 3.38. The maximum Gasteiger partial charge on any atom is 0.416 e. The minimum absolute atomic E-state index is 0.209. The van der Waals surface area contributed by atoms with Crippen molar-refractivity contribution in [2.24, 2.45) is 0 Å². The van der Waals surface area contributed by atoms with Gasteiger partial charge in [0, 0.05) is 6.42 Å². The maximum atomic E-state index is 13.9. The molecule has 140 valence electrons. The van der Waals surface area contributed by atoms with Crippen LogP contribution in [0.5, 0.6) is 0 Å². The van der Waals surface area contributed by atoms with E-state index in [4.69, 9.17) is 0 Å². The standard InChI is InChI=1S/C20H22F4N2/c1-15(13-16-5-4-6-17(14-16)20(22,23)24)25-9-11-26(12-10-25)19-8-3-2-7-18(19)21/h2-8,14-15H,9-13H2,1H3/p+1/t15-/m0/s1. The molecule has 26 heavy (non-hydrogen) atoms. The summed E-state index contributed by atoms with van der Waals surface area (Å²) in [5.74, 6) is -0.215. The number of hydrogen-bond donors (Lipinski definition) is 1. The number of hydrogen-bond acceptors (Lipinski definition) is 1. The number of para-hydroxylation sites is 1. The van der Waals surface area contributed by atoms with Crippen molar-refractivity contribution in [3.8, 4) is 0 Å². The van der Waals surface area contributed by atoms with Crippen molar-refractivity contribution in [3.63, 3.8) is 0 Å². The van der Waals surface area contributed by atoms with E-state index in [1.165, 1.54) is 23.1 Å². The normalized spacial score (nSPS) is 17.3. The highest BCUT2D eigenvalue weighted by Gasteiger charge is 2.31. The van der Waals surface area contributed by atoms with Gasteiger partial charge >= 0.3 is 6.18 Å². The fraction of sp³-hybridized carbons (Fsp3) is 0.400. The van der Waals surface area contributed by atoms with Crippen LogP contribution < -0.4 is 9.80 Å². The van der Waals surface area contributed by atoms with Gasteiger partial charge in [0.1, 0.15) is 5.82 Å². The lowest BCUT2D eigenvalue weighted by Gasteiger charge is -2.36. The number of anilines is 1. The highest BCUT2D eigenvalue weighted by atomic mass is 19.4. The van der Waals surface area contributed by atoms with Gasteiger partial charge in [-0.15, -0.1) is 0 Å². The Balaban J connectivity index is 1.59. The number of alkyl halides is 3. The van der Waals surface area contributed by atoms with Gasteiger partial charge in [-0.1, -0.05) is 30.3 Å². The molecule has 0 bridgehead atoms. The summed E-state index contributed by atoms with van der Waals surface area (Å²) in [6.07, 6.45) is -3.71. The predicted molar refractivity (Wildman–Crippen MR) is 93.9 cm³/mol. The molecule has 2 aromatic carbocycles. The van der Waals surface area contributed by atoms with Crippen LogP contribution in [0.3, 0.4) is 0 Å². The first kappa shape index (κ1) is 18.7. The maximum absolute atomic E-state index is 13.9. The van der Waals surface area contributed by atoms with Gasteiger partial charge in [-0.2, -0.15) is 13.2 Å². The van der Waals surface area contributed by atoms with Crippen LogP contribution >= 0.6 is 0 Å². The second-order valence-electron chi connectivity index (χ2n) is 6.90. The lowest BCUT2D eigenvalue weighted by molar-refractivity contribution is -0.923. The second kappa shape index (κ2) is 7.66. The van der Waals surface area contributed by atoms with Gasteiger partial charge in [0.25, 0.3) is 0 Å². The second-order valence-corrected chi connectivity index (χ2v) is 6.90. The first-order chi connectivity index (χ1) is 12.3. The summed E-state index contributed by atoms with van der Waals surface area (Å²) in [5, 5.41) is 0. The zero-order valence-corrected chi connectivity index (χ0v) is 14.7. The van der Waals surface area contributed by atoms with Crippen LogP contribution in [0.1, 0.15) is 18.1 Å². The van der Waals surface area contributed by atoms with Crippen LogP contribution in [0.25, 0.3) is 0 Å². The van der Waals surface area contributed by atoms with Gasteiger partial charge in [0.05, 0.1) is 43.5 Å². The van der Waals surface area contributed by atoms with E-state index >= 15 is 0 Å². The summed E-state index contributed by atoms with van der Waals surface area (Å²) in [6.45, 7) is 5.23. The van der Waals surface area contributed by atoms with Crippen molar-refractivity contribution >= 4 is 5.69 Å². The van der Waals surface area contributed by atoms with Crippen LogP contribution in [0.2, 0.25) is 0 Å². The molecule has 0 amide bonds. The minimum Gasteiger partial charge on any atom is -0.358 e. The van der Waals surface area contributed by atoms with Gasteiger partial charge < -0.3 is 9.80 Å². The number of piperazine rings is 1. The third-order valence-corrected chi connectivity index (χ3v) is 5.09. The Morgan fingerprint density at radius 3 is 2.38 bits per heavy atom. The first-order valence-electron chi connectivity index (χ1n) is 8.85. The highest BCUT2D eigenvalue weighted by molar-refractivity contribution is 5.47. The Hall–Kier alpha value is -2.08. The molecule has 3 rings (SSSR count). The quantitative estimate of drug-likeness (QED) is 0.816. The van der Waals surface area contributed by atoms with Gasteiger partial charge in [0.2, 0.25) is 0 Å². The van der Waals surface area contributed by atoms with Crippen LogP contribution in [-0.2, 0) is 12.6 Å². The van der Waals surface area contributed by atoms with E-state index in [0.29, 0.717) is 17.7 Å². The SMILES string of the molecule is C[C@@H](Cc1cccc(C(F)(F)F)c1)[NH+]1CCN(c2ccccc2F)CC1. The van der Waals surface area contributed by atoms with Crippen LogP contribution in [-0.4, -0.2) is 32.2 Å². The minimum atomic E-state index is -4.31. The molecule has 0 saturated carbocycles. The van der Waals surface area contributed by atoms with E-state index < -0.39 is 11.7 Å². The monoisotopic (exact) mass is 367 g/mol. The number of benzene rings is 2. The topological polar surface area (TPSA) is 7.68 Å². The third kappa shape index (κ3) is 4.36. The van der Waals surface area contributed by atoms with Gasteiger partial charge in [-0.25, -0.2) is 4.39 Å². The van der Waals surface area contributed by atoms with Crippen molar-refractivity contribution in [2.45, 2.75) is 25.6 Å². The molecule has 0 aromatic heterocycles. The Morgan fingerprint density at radius 1 is 1.04 bits per heavy atom. The molecule has 1 aliphatic rings. The molecule has 0 aliphatic carbocycles. The van der Waals surface area contributed by atoms with E-state index in [1.807, 2.05) is 11.0 Å². The smallest absolute Gasteiger partial charge is 0.358 e. The van der Waals surface area contributed by atoms with Crippen molar-refractivity contribution in [1.29, 1.82) is 0 Å². The molecule has 1 saturated heterocycles. The Labute approximate surface area is 151 Å². The lowest BCUT2D eigenvalue weighted by atomic mass is 10.0. The summed E-state index contributed by atoms with van der Waals surface area (Å²) in [6, 6.07) is 12.5. The van der Waals surface area contributed by atoms with Crippen molar-refractivity contribution < 1.29 is 22.5 Å². The zero-order chi connectivity index (χ0) is 18.7. The molecular formula is C20H23F4N2+. The van der Waals surface area contributed by atoms with Gasteiger partial charge in [0.15, 0.2) is 0 Å². The van der Waals surface area contributed by atoms with E-state index in [-0.39, 0.29) is 11.9 Å². The summed E-state index contributed by atoms with van der Waals surface area (Å²) in [5.41, 5.74) is 0.731. The molecular weight excluding hydrogens is 344 g/mol. The third-order valence-electron chi connectivity index (χ3n) is 5.09. The molecule has 2 aromatic rings.